The number of halogens is 5. The molecular formula is C21H19Cl2F3N2O2. The number of carbonyl (C=O) groups excluding carboxylic acids is 1. The summed E-state index contributed by atoms with van der Waals surface area (Å²) in [6.07, 6.45) is 0.271. The van der Waals surface area contributed by atoms with E-state index in [9.17, 15) is 18.0 Å². The molecular weight excluding hydrogens is 440 g/mol. The van der Waals surface area contributed by atoms with Gasteiger partial charge in [0.25, 0.3) is 0 Å². The molecule has 1 aliphatic carbocycles. The molecule has 1 aromatic carbocycles. The van der Waals surface area contributed by atoms with Crippen LogP contribution in [-0.2, 0) is 17.3 Å². The van der Waals surface area contributed by atoms with E-state index in [0.29, 0.717) is 24.9 Å². The lowest BCUT2D eigenvalue weighted by atomic mass is 9.92. The molecule has 2 aliphatic rings. The quantitative estimate of drug-likeness (QED) is 0.708. The second-order valence-corrected chi connectivity index (χ2v) is 8.17. The maximum Gasteiger partial charge on any atom is 0.416 e. The van der Waals surface area contributed by atoms with Crippen LogP contribution >= 0.6 is 23.2 Å². The van der Waals surface area contributed by atoms with Gasteiger partial charge in [0.1, 0.15) is 12.6 Å². The van der Waals surface area contributed by atoms with E-state index in [1.54, 1.807) is 0 Å². The van der Waals surface area contributed by atoms with Crippen LogP contribution in [0.15, 0.2) is 24.3 Å². The highest BCUT2D eigenvalue weighted by atomic mass is 35.5. The van der Waals surface area contributed by atoms with Gasteiger partial charge in [0.15, 0.2) is 0 Å². The lowest BCUT2D eigenvalue weighted by molar-refractivity contribution is -0.137. The van der Waals surface area contributed by atoms with Gasteiger partial charge in [-0.2, -0.15) is 13.2 Å². The molecule has 9 heteroatoms. The van der Waals surface area contributed by atoms with Crippen molar-refractivity contribution in [1.29, 1.82) is 0 Å². The Labute approximate surface area is 180 Å². The number of benzene rings is 1. The zero-order chi connectivity index (χ0) is 21.5. The Balaban J connectivity index is 1.81. The summed E-state index contributed by atoms with van der Waals surface area (Å²) >= 11 is 11.9. The standard InChI is InChI=1S/C21H19Cl2F3N2O2/c22-8-10-30-20(29)28-9-7-15-16-11-14(23)5-6-17(16)27-18(15)19(28)12-1-3-13(4-2-12)21(24,25)26/h1-4,6,11,14,19,27H,5,7-10H2. The van der Waals surface area contributed by atoms with Gasteiger partial charge in [-0.1, -0.05) is 24.3 Å². The van der Waals surface area contributed by atoms with Gasteiger partial charge in [-0.25, -0.2) is 4.79 Å². The van der Waals surface area contributed by atoms with E-state index in [2.05, 4.69) is 4.98 Å². The van der Waals surface area contributed by atoms with Crippen LogP contribution in [0.25, 0.3) is 12.2 Å². The van der Waals surface area contributed by atoms with Gasteiger partial charge < -0.3 is 9.72 Å². The third kappa shape index (κ3) is 3.93. The molecule has 0 bridgehead atoms. The molecule has 4 rings (SSSR count). The summed E-state index contributed by atoms with van der Waals surface area (Å²) in [4.78, 5) is 17.6. The number of amides is 1. The summed E-state index contributed by atoms with van der Waals surface area (Å²) in [5.74, 6) is 0.160. The number of nitrogens with one attached hydrogen (secondary N) is 1. The summed E-state index contributed by atoms with van der Waals surface area (Å²) in [5, 5.41) is 1.81. The monoisotopic (exact) mass is 458 g/mol. The Morgan fingerprint density at radius 2 is 2.00 bits per heavy atom. The maximum absolute atomic E-state index is 13.0. The number of alkyl halides is 5. The van der Waals surface area contributed by atoms with Crippen LogP contribution in [0, 0.1) is 0 Å². The van der Waals surface area contributed by atoms with Crippen LogP contribution in [0.4, 0.5) is 18.0 Å². The fourth-order valence-corrected chi connectivity index (χ4v) is 4.34. The van der Waals surface area contributed by atoms with Gasteiger partial charge in [-0.3, -0.25) is 4.90 Å². The van der Waals surface area contributed by atoms with E-state index in [0.717, 1.165) is 34.0 Å². The highest BCUT2D eigenvalue weighted by Crippen LogP contribution is 2.35. The SMILES string of the molecule is O=C(OCCCl)N1CCc2c([nH]c3c2=CC(Cl)CC=3)C1c1ccc(C(F)(F)F)cc1. The first-order valence-electron chi connectivity index (χ1n) is 9.53. The van der Waals surface area contributed by atoms with Crippen LogP contribution in [0.5, 0.6) is 0 Å². The third-order valence-corrected chi connectivity index (χ3v) is 5.84. The molecule has 1 aliphatic heterocycles. The van der Waals surface area contributed by atoms with Gasteiger partial charge in [-0.05, 0) is 36.1 Å². The van der Waals surface area contributed by atoms with Crippen molar-refractivity contribution in [3.63, 3.8) is 0 Å². The molecule has 160 valence electrons. The fourth-order valence-electron chi connectivity index (χ4n) is 4.05. The molecule has 0 saturated heterocycles. The lowest BCUT2D eigenvalue weighted by Gasteiger charge is -2.35. The van der Waals surface area contributed by atoms with Crippen molar-refractivity contribution in [1.82, 2.24) is 9.88 Å². The van der Waals surface area contributed by atoms with Crippen molar-refractivity contribution in [2.75, 3.05) is 19.0 Å². The largest absolute Gasteiger partial charge is 0.448 e. The van der Waals surface area contributed by atoms with E-state index >= 15 is 0 Å². The zero-order valence-electron chi connectivity index (χ0n) is 15.8. The maximum atomic E-state index is 13.0. The van der Waals surface area contributed by atoms with Crippen molar-refractivity contribution >= 4 is 41.4 Å². The number of H-pyrrole nitrogens is 1. The highest BCUT2D eigenvalue weighted by molar-refractivity contribution is 6.24. The van der Waals surface area contributed by atoms with Crippen LogP contribution in [0.3, 0.4) is 0 Å². The molecule has 1 N–H and O–H groups in total. The number of aromatic amines is 1. The predicted octanol–water partition coefficient (Wildman–Crippen LogP) is 3.93. The van der Waals surface area contributed by atoms with Gasteiger partial charge in [-0.15, -0.1) is 23.2 Å². The van der Waals surface area contributed by atoms with Crippen molar-refractivity contribution in [2.45, 2.75) is 30.4 Å². The molecule has 30 heavy (non-hydrogen) atoms. The van der Waals surface area contributed by atoms with Crippen LogP contribution < -0.4 is 10.6 Å². The number of ether oxygens (including phenoxy) is 1. The molecule has 2 aromatic rings. The number of rotatable bonds is 3. The predicted molar refractivity (Wildman–Crippen MR) is 109 cm³/mol. The van der Waals surface area contributed by atoms with Crippen LogP contribution in [-0.4, -0.2) is 40.4 Å². The van der Waals surface area contributed by atoms with Gasteiger partial charge in [0.2, 0.25) is 0 Å². The number of nitrogens with zero attached hydrogens (tertiary/aromatic N) is 1. The minimum absolute atomic E-state index is 0.0557. The first-order chi connectivity index (χ1) is 14.3. The number of hydrogen-bond donors (Lipinski definition) is 1. The van der Waals surface area contributed by atoms with Crippen molar-refractivity contribution in [3.05, 3.63) is 57.2 Å². The minimum atomic E-state index is -4.43. The molecule has 2 heterocycles. The fraction of sp³-hybridized carbons (Fsp3) is 0.381. The summed E-state index contributed by atoms with van der Waals surface area (Å²) in [6, 6.07) is 4.27. The number of aromatic nitrogens is 1. The van der Waals surface area contributed by atoms with Crippen molar-refractivity contribution < 1.29 is 22.7 Å². The zero-order valence-corrected chi connectivity index (χ0v) is 17.3. The molecule has 1 aromatic heterocycles. The average Bonchev–Trinajstić information content (AvgIpc) is 3.08. The van der Waals surface area contributed by atoms with Crippen LogP contribution in [0.1, 0.15) is 34.8 Å². The average molecular weight is 459 g/mol. The van der Waals surface area contributed by atoms with E-state index in [-0.39, 0.29) is 17.9 Å². The van der Waals surface area contributed by atoms with Crippen LogP contribution in [0.2, 0.25) is 0 Å². The minimum Gasteiger partial charge on any atom is -0.448 e. The second kappa shape index (κ2) is 8.19. The van der Waals surface area contributed by atoms with E-state index < -0.39 is 23.9 Å². The Kier molecular flexibility index (Phi) is 5.77. The number of hydrogen-bond acceptors (Lipinski definition) is 2. The van der Waals surface area contributed by atoms with Crippen molar-refractivity contribution in [2.24, 2.45) is 0 Å². The van der Waals surface area contributed by atoms with E-state index in [1.807, 2.05) is 12.2 Å². The third-order valence-electron chi connectivity index (χ3n) is 5.38. The highest BCUT2D eigenvalue weighted by Gasteiger charge is 2.36. The number of carbonyl (C=O) groups is 1. The van der Waals surface area contributed by atoms with Gasteiger partial charge >= 0.3 is 12.3 Å². The first-order valence-corrected chi connectivity index (χ1v) is 10.5. The van der Waals surface area contributed by atoms with E-state index in [1.165, 1.54) is 17.0 Å². The molecule has 2 unspecified atom stereocenters. The Morgan fingerprint density at radius 3 is 2.67 bits per heavy atom. The first kappa shape index (κ1) is 21.1. The summed E-state index contributed by atoms with van der Waals surface area (Å²) < 4.78 is 44.3. The normalized spacial score (nSPS) is 20.6. The lowest BCUT2D eigenvalue weighted by Crippen LogP contribution is -2.42. The van der Waals surface area contributed by atoms with Crippen molar-refractivity contribution in [3.8, 4) is 0 Å². The molecule has 0 spiro atoms. The van der Waals surface area contributed by atoms with Gasteiger partial charge in [0, 0.05) is 22.8 Å². The summed E-state index contributed by atoms with van der Waals surface area (Å²) in [5.41, 5.74) is 1.62. The molecule has 0 saturated carbocycles. The van der Waals surface area contributed by atoms with E-state index in [4.69, 9.17) is 27.9 Å². The van der Waals surface area contributed by atoms with Gasteiger partial charge in [0.05, 0.1) is 16.8 Å². The molecule has 2 atom stereocenters. The second-order valence-electron chi connectivity index (χ2n) is 7.24. The Morgan fingerprint density at radius 1 is 1.27 bits per heavy atom. The topological polar surface area (TPSA) is 45.3 Å². The summed E-state index contributed by atoms with van der Waals surface area (Å²) in [6.45, 7) is 0.422. The number of fused-ring (bicyclic) bond motifs is 3. The molecule has 4 nitrogen and oxygen atoms in total. The molecule has 1 amide bonds. The molecule has 0 radical (unpaired) electrons. The molecule has 0 fully saturated rings. The Bertz CT molecular complexity index is 1060. The smallest absolute Gasteiger partial charge is 0.416 e. The Hall–Kier alpha value is -2.12. The summed E-state index contributed by atoms with van der Waals surface area (Å²) in [7, 11) is 0.